The van der Waals surface area contributed by atoms with E-state index in [2.05, 4.69) is 0 Å². The second kappa shape index (κ2) is 2.19. The molecule has 0 radical (unpaired) electrons. The van der Waals surface area contributed by atoms with E-state index in [4.69, 9.17) is 9.84 Å². The molecular weight excluding hydrogens is 132 g/mol. The Hall–Kier alpha value is -0.120. The van der Waals surface area contributed by atoms with Crippen LogP contribution in [0.4, 0.5) is 0 Å². The van der Waals surface area contributed by atoms with Crippen molar-refractivity contribution < 1.29 is 14.9 Å². The van der Waals surface area contributed by atoms with Gasteiger partial charge in [-0.1, -0.05) is 0 Å². The fraction of sp³-hybridized carbons (Fsp3) is 1.00. The van der Waals surface area contributed by atoms with Gasteiger partial charge in [0.1, 0.15) is 0 Å². The molecule has 0 spiro atoms. The predicted molar refractivity (Wildman–Crippen MR) is 34.5 cm³/mol. The van der Waals surface area contributed by atoms with Crippen molar-refractivity contribution in [1.82, 2.24) is 0 Å². The number of hydrogen-bond donors (Lipinski definition) is 2. The maximum Gasteiger partial charge on any atom is 0.0896 e. The summed E-state index contributed by atoms with van der Waals surface area (Å²) >= 11 is 0. The standard InChI is InChI=1S/C7H12O3/c8-2-1-4-5(9)3-6-7(4)10-6/h4-9H,1-3H2/t4-,5-,6+,7-/m1/s1. The minimum atomic E-state index is -0.226. The Morgan fingerprint density at radius 3 is 2.80 bits per heavy atom. The van der Waals surface area contributed by atoms with E-state index < -0.39 is 0 Å². The highest BCUT2D eigenvalue weighted by Gasteiger charge is 2.54. The van der Waals surface area contributed by atoms with Crippen molar-refractivity contribution in [3.63, 3.8) is 0 Å². The molecule has 0 bridgehead atoms. The van der Waals surface area contributed by atoms with Crippen LogP contribution in [0.1, 0.15) is 12.8 Å². The van der Waals surface area contributed by atoms with Gasteiger partial charge in [-0.2, -0.15) is 0 Å². The Morgan fingerprint density at radius 1 is 1.50 bits per heavy atom. The lowest BCUT2D eigenvalue weighted by molar-refractivity contribution is 0.0605. The van der Waals surface area contributed by atoms with Gasteiger partial charge in [0.25, 0.3) is 0 Å². The first kappa shape index (κ1) is 6.58. The highest BCUT2D eigenvalue weighted by atomic mass is 16.6. The van der Waals surface area contributed by atoms with Gasteiger partial charge in [-0.05, 0) is 6.42 Å². The number of hydrogen-bond acceptors (Lipinski definition) is 3. The third-order valence-electron chi connectivity index (χ3n) is 2.47. The van der Waals surface area contributed by atoms with Gasteiger partial charge in [-0.25, -0.2) is 0 Å². The maximum atomic E-state index is 9.33. The summed E-state index contributed by atoms with van der Waals surface area (Å²) in [6.45, 7) is 0.161. The summed E-state index contributed by atoms with van der Waals surface area (Å²) in [5.74, 6) is 0.204. The molecule has 58 valence electrons. The summed E-state index contributed by atoms with van der Waals surface area (Å²) in [4.78, 5) is 0. The average Bonchev–Trinajstić information content (AvgIpc) is 2.57. The summed E-state index contributed by atoms with van der Waals surface area (Å²) in [5.41, 5.74) is 0. The lowest BCUT2D eigenvalue weighted by atomic mass is 10.0. The van der Waals surface area contributed by atoms with Crippen LogP contribution in [0.2, 0.25) is 0 Å². The van der Waals surface area contributed by atoms with E-state index in [9.17, 15) is 5.11 Å². The molecule has 1 saturated carbocycles. The van der Waals surface area contributed by atoms with Crippen molar-refractivity contribution in [2.24, 2.45) is 5.92 Å². The molecule has 4 atom stereocenters. The Bertz CT molecular complexity index is 135. The molecule has 0 aromatic rings. The summed E-state index contributed by atoms with van der Waals surface area (Å²) in [6, 6.07) is 0. The van der Waals surface area contributed by atoms with Crippen molar-refractivity contribution in [3.8, 4) is 0 Å². The zero-order valence-corrected chi connectivity index (χ0v) is 5.73. The van der Waals surface area contributed by atoms with E-state index in [0.29, 0.717) is 12.5 Å². The molecule has 0 aromatic carbocycles. The molecule has 2 fully saturated rings. The first-order valence-corrected chi connectivity index (χ1v) is 3.77. The number of aliphatic hydroxyl groups is 2. The summed E-state index contributed by atoms with van der Waals surface area (Å²) in [7, 11) is 0. The average molecular weight is 144 g/mol. The lowest BCUT2D eigenvalue weighted by Crippen LogP contribution is -2.20. The molecule has 0 aromatic heterocycles. The van der Waals surface area contributed by atoms with Crippen LogP contribution in [-0.2, 0) is 4.74 Å². The van der Waals surface area contributed by atoms with Crippen molar-refractivity contribution in [3.05, 3.63) is 0 Å². The van der Waals surface area contributed by atoms with Gasteiger partial charge < -0.3 is 14.9 Å². The van der Waals surface area contributed by atoms with Gasteiger partial charge in [-0.15, -0.1) is 0 Å². The first-order valence-electron chi connectivity index (χ1n) is 3.77. The van der Waals surface area contributed by atoms with Crippen molar-refractivity contribution >= 4 is 0 Å². The highest BCUT2D eigenvalue weighted by Crippen LogP contribution is 2.44. The molecule has 0 unspecified atom stereocenters. The van der Waals surface area contributed by atoms with Crippen molar-refractivity contribution in [2.45, 2.75) is 31.2 Å². The van der Waals surface area contributed by atoms with Gasteiger partial charge in [0.2, 0.25) is 0 Å². The smallest absolute Gasteiger partial charge is 0.0896 e. The van der Waals surface area contributed by atoms with Crippen molar-refractivity contribution in [1.29, 1.82) is 0 Å². The van der Waals surface area contributed by atoms with E-state index in [1.165, 1.54) is 0 Å². The van der Waals surface area contributed by atoms with E-state index in [1.54, 1.807) is 0 Å². The van der Waals surface area contributed by atoms with Crippen LogP contribution in [0.5, 0.6) is 0 Å². The molecule has 0 amide bonds. The third kappa shape index (κ3) is 0.856. The van der Waals surface area contributed by atoms with Crippen LogP contribution >= 0.6 is 0 Å². The SMILES string of the molecule is OCC[C@H]1[C@H]2O[C@H]2C[C@H]1O. The molecule has 3 nitrogen and oxygen atoms in total. The number of epoxide rings is 1. The van der Waals surface area contributed by atoms with Crippen LogP contribution in [0.3, 0.4) is 0 Å². The maximum absolute atomic E-state index is 9.33. The van der Waals surface area contributed by atoms with Gasteiger partial charge in [0, 0.05) is 18.9 Å². The van der Waals surface area contributed by atoms with E-state index >= 15 is 0 Å². The summed E-state index contributed by atoms with van der Waals surface area (Å²) < 4.78 is 5.22. The Morgan fingerprint density at radius 2 is 2.30 bits per heavy atom. The van der Waals surface area contributed by atoms with E-state index in [0.717, 1.165) is 6.42 Å². The van der Waals surface area contributed by atoms with Gasteiger partial charge >= 0.3 is 0 Å². The number of aliphatic hydroxyl groups excluding tert-OH is 2. The highest BCUT2D eigenvalue weighted by molar-refractivity contribution is 5.02. The van der Waals surface area contributed by atoms with E-state index in [-0.39, 0.29) is 24.7 Å². The number of rotatable bonds is 2. The Balaban J connectivity index is 1.92. The molecule has 1 saturated heterocycles. The normalized spacial score (nSPS) is 51.0. The van der Waals surface area contributed by atoms with Crippen LogP contribution in [0.15, 0.2) is 0 Å². The minimum absolute atomic E-state index is 0.161. The third-order valence-corrected chi connectivity index (χ3v) is 2.47. The monoisotopic (exact) mass is 144 g/mol. The van der Waals surface area contributed by atoms with Gasteiger partial charge in [-0.3, -0.25) is 0 Å². The Kier molecular flexibility index (Phi) is 1.44. The topological polar surface area (TPSA) is 53.0 Å². The Labute approximate surface area is 59.6 Å². The van der Waals surface area contributed by atoms with Crippen LogP contribution in [0, 0.1) is 5.92 Å². The van der Waals surface area contributed by atoms with Gasteiger partial charge in [0.05, 0.1) is 18.3 Å². The second-order valence-corrected chi connectivity index (χ2v) is 3.12. The zero-order chi connectivity index (χ0) is 7.14. The fourth-order valence-corrected chi connectivity index (χ4v) is 1.86. The van der Waals surface area contributed by atoms with Crippen LogP contribution < -0.4 is 0 Å². The fourth-order valence-electron chi connectivity index (χ4n) is 1.86. The van der Waals surface area contributed by atoms with Gasteiger partial charge in [0.15, 0.2) is 0 Å². The quantitative estimate of drug-likeness (QED) is 0.514. The van der Waals surface area contributed by atoms with Crippen molar-refractivity contribution in [2.75, 3.05) is 6.61 Å². The van der Waals surface area contributed by atoms with E-state index in [1.807, 2.05) is 0 Å². The first-order chi connectivity index (χ1) is 4.83. The molecule has 3 heteroatoms. The summed E-state index contributed by atoms with van der Waals surface area (Å²) in [5, 5.41) is 17.9. The lowest BCUT2D eigenvalue weighted by Gasteiger charge is -2.14. The molecule has 2 N–H and O–H groups in total. The number of fused-ring (bicyclic) bond motifs is 1. The largest absolute Gasteiger partial charge is 0.396 e. The molecule has 2 aliphatic rings. The second-order valence-electron chi connectivity index (χ2n) is 3.12. The molecule has 1 aliphatic carbocycles. The number of ether oxygens (including phenoxy) is 1. The minimum Gasteiger partial charge on any atom is -0.396 e. The molecule has 1 heterocycles. The molecule has 1 aliphatic heterocycles. The zero-order valence-electron chi connectivity index (χ0n) is 5.73. The molecule has 10 heavy (non-hydrogen) atoms. The molecule has 2 rings (SSSR count). The van der Waals surface area contributed by atoms with Crippen LogP contribution in [-0.4, -0.2) is 35.1 Å². The predicted octanol–water partition coefficient (Wildman–Crippen LogP) is -0.483. The van der Waals surface area contributed by atoms with Crippen LogP contribution in [0.25, 0.3) is 0 Å². The molecular formula is C7H12O3. The summed E-state index contributed by atoms with van der Waals surface area (Å²) in [6.07, 6.45) is 1.81.